The molecule has 2 amide bonds. The lowest BCUT2D eigenvalue weighted by molar-refractivity contribution is -0.118. The Morgan fingerprint density at radius 2 is 1.76 bits per heavy atom. The fourth-order valence-electron chi connectivity index (χ4n) is 2.63. The Kier molecular flexibility index (Phi) is 7.21. The quantitative estimate of drug-likeness (QED) is 0.582. The molecule has 0 fully saturated rings. The Bertz CT molecular complexity index is 969. The van der Waals surface area contributed by atoms with E-state index in [1.54, 1.807) is 12.1 Å². The number of carbonyl (C=O) groups excluding carboxylic acids is 2. The number of anilines is 1. The van der Waals surface area contributed by atoms with Crippen molar-refractivity contribution in [3.05, 3.63) is 89.9 Å². The number of nitrogens with one attached hydrogen (secondary N) is 2. The van der Waals surface area contributed by atoms with Gasteiger partial charge in [-0.2, -0.15) is 0 Å². The number of hydrogen-bond acceptors (Lipinski definition) is 4. The van der Waals surface area contributed by atoms with Gasteiger partial charge in [0.1, 0.15) is 16.9 Å². The van der Waals surface area contributed by atoms with E-state index >= 15 is 0 Å². The van der Waals surface area contributed by atoms with Crippen LogP contribution in [0.15, 0.2) is 78.0 Å². The minimum atomic E-state index is -0.836. The van der Waals surface area contributed by atoms with Crippen molar-refractivity contribution < 1.29 is 14.0 Å². The van der Waals surface area contributed by atoms with E-state index in [1.165, 1.54) is 30.5 Å². The molecule has 29 heavy (non-hydrogen) atoms. The molecule has 2 N–H and O–H groups in total. The minimum Gasteiger partial charge on any atom is -0.340 e. The molecule has 0 aliphatic heterocycles. The summed E-state index contributed by atoms with van der Waals surface area (Å²) in [6.45, 7) is 0. The maximum Gasteiger partial charge on any atom is 0.251 e. The van der Waals surface area contributed by atoms with Gasteiger partial charge in [0.15, 0.2) is 0 Å². The summed E-state index contributed by atoms with van der Waals surface area (Å²) < 4.78 is 13.1. The summed E-state index contributed by atoms with van der Waals surface area (Å²) in [5.74, 6) is -1.29. The van der Waals surface area contributed by atoms with Crippen molar-refractivity contribution in [3.63, 3.8) is 0 Å². The third kappa shape index (κ3) is 6.04. The summed E-state index contributed by atoms with van der Waals surface area (Å²) in [5, 5.41) is 6.08. The highest BCUT2D eigenvalue weighted by atomic mass is 35.7. The predicted molar refractivity (Wildman–Crippen MR) is 112 cm³/mol. The molecule has 3 aromatic rings. The van der Waals surface area contributed by atoms with E-state index in [4.69, 9.17) is 10.7 Å². The fourth-order valence-corrected chi connectivity index (χ4v) is 3.12. The summed E-state index contributed by atoms with van der Waals surface area (Å²) in [7, 11) is 6.62. The predicted octanol–water partition coefficient (Wildman–Crippen LogP) is 4.45. The number of halogens is 2. The van der Waals surface area contributed by atoms with Crippen LogP contribution in [0, 0.1) is 5.82 Å². The number of hydrogen-bond donors (Lipinski definition) is 2. The molecule has 0 saturated carbocycles. The van der Waals surface area contributed by atoms with Gasteiger partial charge in [0.2, 0.25) is 5.91 Å². The molecule has 0 bridgehead atoms. The van der Waals surface area contributed by atoms with E-state index in [-0.39, 0.29) is 5.56 Å². The van der Waals surface area contributed by atoms with Crippen molar-refractivity contribution in [1.82, 2.24) is 10.3 Å². The van der Waals surface area contributed by atoms with Crippen LogP contribution in [0.2, 0.25) is 0 Å². The highest BCUT2D eigenvalue weighted by Crippen LogP contribution is 2.20. The van der Waals surface area contributed by atoms with Crippen molar-refractivity contribution in [1.29, 1.82) is 0 Å². The second-order valence-corrected chi connectivity index (χ2v) is 7.21. The topological polar surface area (TPSA) is 71.1 Å². The number of aromatic nitrogens is 1. The zero-order valence-electron chi connectivity index (χ0n) is 15.1. The summed E-state index contributed by atoms with van der Waals surface area (Å²) in [6.07, 6.45) is 1.78. The highest BCUT2D eigenvalue weighted by Gasteiger charge is 2.22. The molecule has 0 aliphatic carbocycles. The molecule has 2 aromatic carbocycles. The van der Waals surface area contributed by atoms with Crippen LogP contribution in [-0.4, -0.2) is 22.8 Å². The number of pyridine rings is 1. The van der Waals surface area contributed by atoms with Crippen LogP contribution in [0.25, 0.3) is 0 Å². The van der Waals surface area contributed by atoms with Gasteiger partial charge in [-0.15, -0.1) is 0 Å². The van der Waals surface area contributed by atoms with E-state index < -0.39 is 23.7 Å². The van der Waals surface area contributed by atoms with Gasteiger partial charge in [-0.05, 0) is 52.6 Å². The van der Waals surface area contributed by atoms with Crippen LogP contribution >= 0.6 is 21.7 Å². The molecule has 1 unspecified atom stereocenters. The highest BCUT2D eigenvalue weighted by molar-refractivity contribution is 8.21. The first-order chi connectivity index (χ1) is 14.0. The zero-order chi connectivity index (χ0) is 20.6. The van der Waals surface area contributed by atoms with Crippen LogP contribution in [0.3, 0.4) is 0 Å². The molecule has 0 saturated heterocycles. The van der Waals surface area contributed by atoms with E-state index in [2.05, 4.69) is 15.6 Å². The molecule has 0 radical (unpaired) electrons. The van der Waals surface area contributed by atoms with E-state index in [0.717, 1.165) is 16.5 Å². The van der Waals surface area contributed by atoms with E-state index in [1.807, 2.05) is 30.3 Å². The van der Waals surface area contributed by atoms with Crippen molar-refractivity contribution in [2.45, 2.75) is 17.5 Å². The monoisotopic (exact) mass is 429 g/mol. The summed E-state index contributed by atoms with van der Waals surface area (Å²) in [5.41, 5.74) is 1.64. The largest absolute Gasteiger partial charge is 0.340 e. The number of carbonyl (C=O) groups is 2. The van der Waals surface area contributed by atoms with Gasteiger partial charge in [0, 0.05) is 23.0 Å². The second-order valence-electron chi connectivity index (χ2n) is 6.17. The standard InChI is InChI=1S/C21H17ClFN3O2S/c22-29-19-11-10-17(13-24-19)25-21(28)18(12-14-4-2-1-3-5-14)26-20(27)15-6-8-16(23)9-7-15/h1-11,13,18H,12H2,(H,25,28)(H,26,27). The number of nitrogens with zero attached hydrogens (tertiary/aromatic N) is 1. The molecule has 1 atom stereocenters. The third-order valence-electron chi connectivity index (χ3n) is 4.09. The van der Waals surface area contributed by atoms with Crippen molar-refractivity contribution in [3.8, 4) is 0 Å². The van der Waals surface area contributed by atoms with Crippen LogP contribution in [0.5, 0.6) is 0 Å². The first-order valence-electron chi connectivity index (χ1n) is 8.71. The summed E-state index contributed by atoms with van der Waals surface area (Å²) in [6, 6.07) is 17.0. The van der Waals surface area contributed by atoms with Crippen LogP contribution in [0.1, 0.15) is 15.9 Å². The number of benzene rings is 2. The van der Waals surface area contributed by atoms with Crippen LogP contribution < -0.4 is 10.6 Å². The summed E-state index contributed by atoms with van der Waals surface area (Å²) >= 11 is 0. The lowest BCUT2D eigenvalue weighted by atomic mass is 10.0. The van der Waals surface area contributed by atoms with E-state index in [0.29, 0.717) is 17.1 Å². The van der Waals surface area contributed by atoms with Gasteiger partial charge in [-0.3, -0.25) is 9.59 Å². The molecule has 1 heterocycles. The maximum atomic E-state index is 13.1. The molecular formula is C21H17ClFN3O2S. The molecule has 148 valence electrons. The Labute approximate surface area is 176 Å². The van der Waals surface area contributed by atoms with Gasteiger partial charge in [-0.25, -0.2) is 9.37 Å². The number of rotatable bonds is 7. The lowest BCUT2D eigenvalue weighted by Crippen LogP contribution is -2.45. The molecular weight excluding hydrogens is 413 g/mol. The lowest BCUT2D eigenvalue weighted by Gasteiger charge is -2.19. The molecule has 0 aliphatic rings. The van der Waals surface area contributed by atoms with Gasteiger partial charge in [-0.1, -0.05) is 30.3 Å². The van der Waals surface area contributed by atoms with E-state index in [9.17, 15) is 14.0 Å². The van der Waals surface area contributed by atoms with Gasteiger partial charge in [0.25, 0.3) is 5.91 Å². The van der Waals surface area contributed by atoms with Crippen molar-refractivity contribution in [2.24, 2.45) is 0 Å². The molecule has 3 rings (SSSR count). The SMILES string of the molecule is O=C(NC(Cc1ccccc1)C(=O)Nc1ccc(SCl)nc1)c1ccc(F)cc1. The first kappa shape index (κ1) is 20.8. The number of amides is 2. The molecule has 5 nitrogen and oxygen atoms in total. The van der Waals surface area contributed by atoms with Crippen molar-refractivity contribution in [2.75, 3.05) is 5.32 Å². The Hall–Kier alpha value is -2.90. The Morgan fingerprint density at radius 1 is 1.03 bits per heavy atom. The van der Waals surface area contributed by atoms with Crippen LogP contribution in [0.4, 0.5) is 10.1 Å². The van der Waals surface area contributed by atoms with Gasteiger partial charge < -0.3 is 10.6 Å². The molecule has 0 spiro atoms. The average molecular weight is 430 g/mol. The second kappa shape index (κ2) is 10.0. The molecule has 1 aromatic heterocycles. The fraction of sp³-hybridized carbons (Fsp3) is 0.0952. The van der Waals surface area contributed by atoms with Gasteiger partial charge >= 0.3 is 0 Å². The molecule has 8 heteroatoms. The zero-order valence-corrected chi connectivity index (χ0v) is 16.7. The minimum absolute atomic E-state index is 0.266. The Morgan fingerprint density at radius 3 is 2.38 bits per heavy atom. The smallest absolute Gasteiger partial charge is 0.251 e. The Balaban J connectivity index is 1.76. The van der Waals surface area contributed by atoms with Crippen molar-refractivity contribution >= 4 is 39.2 Å². The average Bonchev–Trinajstić information content (AvgIpc) is 2.75. The first-order valence-corrected chi connectivity index (χ1v) is 10.4. The third-order valence-corrected chi connectivity index (χ3v) is 4.97. The summed E-state index contributed by atoms with van der Waals surface area (Å²) in [4.78, 5) is 29.5. The normalized spacial score (nSPS) is 11.5. The van der Waals surface area contributed by atoms with Gasteiger partial charge in [0.05, 0.1) is 11.9 Å². The maximum absolute atomic E-state index is 13.1. The van der Waals surface area contributed by atoms with Crippen LogP contribution in [-0.2, 0) is 11.2 Å².